The lowest BCUT2D eigenvalue weighted by Crippen LogP contribution is -2.54. The van der Waals surface area contributed by atoms with Gasteiger partial charge in [0.15, 0.2) is 0 Å². The van der Waals surface area contributed by atoms with Crippen LogP contribution in [-0.2, 0) is 14.3 Å². The lowest BCUT2D eigenvalue weighted by atomic mass is 9.92. The Morgan fingerprint density at radius 3 is 2.59 bits per heavy atom. The summed E-state index contributed by atoms with van der Waals surface area (Å²) in [6.07, 6.45) is 0.771. The summed E-state index contributed by atoms with van der Waals surface area (Å²) in [5.74, 6) is 0.276. The minimum absolute atomic E-state index is 0.00871. The highest BCUT2D eigenvalue weighted by Crippen LogP contribution is 2.44. The van der Waals surface area contributed by atoms with Crippen molar-refractivity contribution >= 4 is 24.1 Å². The number of amides is 1. The fourth-order valence-corrected chi connectivity index (χ4v) is 3.64. The predicted molar refractivity (Wildman–Crippen MR) is 68.6 cm³/mol. The summed E-state index contributed by atoms with van der Waals surface area (Å²) in [6, 6.07) is 0. The third-order valence-corrected chi connectivity index (χ3v) is 4.89. The molecule has 2 atom stereocenters. The van der Waals surface area contributed by atoms with E-state index in [-0.39, 0.29) is 16.8 Å². The second kappa shape index (κ2) is 4.88. The van der Waals surface area contributed by atoms with Crippen LogP contribution in [0.25, 0.3) is 0 Å². The van der Waals surface area contributed by atoms with Crippen molar-refractivity contribution < 1.29 is 14.3 Å². The average molecular weight is 259 g/mol. The van der Waals surface area contributed by atoms with Crippen LogP contribution in [0.15, 0.2) is 0 Å². The third-order valence-electron chi connectivity index (χ3n) is 2.91. The summed E-state index contributed by atoms with van der Waals surface area (Å²) >= 11 is 1.64. The molecule has 0 aromatic heterocycles. The van der Waals surface area contributed by atoms with E-state index in [2.05, 4.69) is 20.8 Å². The maximum Gasteiger partial charge on any atom is 0.332 e. The SMILES string of the molecule is CCOC(=O)C1(C)CSC(C(C)(C)C)N1C=O. The van der Waals surface area contributed by atoms with Gasteiger partial charge in [-0.2, -0.15) is 0 Å². The molecule has 98 valence electrons. The van der Waals surface area contributed by atoms with Crippen LogP contribution in [0.5, 0.6) is 0 Å². The predicted octanol–water partition coefficient (Wildman–Crippen LogP) is 1.89. The minimum atomic E-state index is -0.833. The standard InChI is InChI=1S/C12H21NO3S/c1-6-16-10(15)12(5)7-17-9(11(2,3)4)13(12)8-14/h8-9H,6-7H2,1-5H3. The number of hydrogen-bond acceptors (Lipinski definition) is 4. The topological polar surface area (TPSA) is 46.6 Å². The van der Waals surface area contributed by atoms with E-state index in [0.717, 1.165) is 6.41 Å². The highest BCUT2D eigenvalue weighted by molar-refractivity contribution is 8.00. The van der Waals surface area contributed by atoms with Gasteiger partial charge in [0.25, 0.3) is 0 Å². The van der Waals surface area contributed by atoms with E-state index in [4.69, 9.17) is 4.74 Å². The Bertz CT molecular complexity index is 313. The van der Waals surface area contributed by atoms with E-state index < -0.39 is 5.54 Å². The Kier molecular flexibility index (Phi) is 4.12. The highest BCUT2D eigenvalue weighted by atomic mass is 32.2. The van der Waals surface area contributed by atoms with Gasteiger partial charge >= 0.3 is 5.97 Å². The zero-order valence-corrected chi connectivity index (χ0v) is 12.0. The van der Waals surface area contributed by atoms with Gasteiger partial charge in [0.1, 0.15) is 5.54 Å². The van der Waals surface area contributed by atoms with Gasteiger partial charge in [0.2, 0.25) is 6.41 Å². The van der Waals surface area contributed by atoms with E-state index in [1.165, 1.54) is 0 Å². The molecule has 2 unspecified atom stereocenters. The number of ether oxygens (including phenoxy) is 1. The lowest BCUT2D eigenvalue weighted by Gasteiger charge is -2.37. The van der Waals surface area contributed by atoms with Crippen LogP contribution < -0.4 is 0 Å². The molecule has 1 saturated heterocycles. The molecule has 0 aromatic carbocycles. The van der Waals surface area contributed by atoms with Gasteiger partial charge in [-0.05, 0) is 19.3 Å². The summed E-state index contributed by atoms with van der Waals surface area (Å²) in [5.41, 5.74) is -0.893. The molecule has 1 amide bonds. The number of thioether (sulfide) groups is 1. The van der Waals surface area contributed by atoms with E-state index >= 15 is 0 Å². The molecule has 1 rings (SSSR count). The van der Waals surface area contributed by atoms with Crippen LogP contribution >= 0.6 is 11.8 Å². The minimum Gasteiger partial charge on any atom is -0.464 e. The van der Waals surface area contributed by atoms with Crippen molar-refractivity contribution in [3.8, 4) is 0 Å². The van der Waals surface area contributed by atoms with Crippen molar-refractivity contribution in [1.82, 2.24) is 4.90 Å². The largest absolute Gasteiger partial charge is 0.464 e. The van der Waals surface area contributed by atoms with Crippen LogP contribution in [0.2, 0.25) is 0 Å². The summed E-state index contributed by atoms with van der Waals surface area (Å²) in [4.78, 5) is 24.9. The number of carbonyl (C=O) groups is 2. The maximum absolute atomic E-state index is 12.0. The first-order valence-corrected chi connectivity index (χ1v) is 6.85. The van der Waals surface area contributed by atoms with Crippen molar-refractivity contribution in [3.63, 3.8) is 0 Å². The van der Waals surface area contributed by atoms with Crippen molar-refractivity contribution in [2.24, 2.45) is 5.41 Å². The van der Waals surface area contributed by atoms with Gasteiger partial charge in [-0.1, -0.05) is 20.8 Å². The second-order valence-electron chi connectivity index (χ2n) is 5.54. The summed E-state index contributed by atoms with van der Waals surface area (Å²) < 4.78 is 5.07. The van der Waals surface area contributed by atoms with E-state index in [1.807, 2.05) is 0 Å². The van der Waals surface area contributed by atoms with Gasteiger partial charge in [-0.25, -0.2) is 4.79 Å². The highest BCUT2D eigenvalue weighted by Gasteiger charge is 2.52. The van der Waals surface area contributed by atoms with Crippen molar-refractivity contribution in [1.29, 1.82) is 0 Å². The van der Waals surface area contributed by atoms with Crippen LogP contribution in [0.3, 0.4) is 0 Å². The Morgan fingerprint density at radius 1 is 1.59 bits per heavy atom. The normalized spacial score (nSPS) is 29.2. The van der Waals surface area contributed by atoms with Crippen LogP contribution in [0.4, 0.5) is 0 Å². The van der Waals surface area contributed by atoms with Crippen LogP contribution in [0.1, 0.15) is 34.6 Å². The Balaban J connectivity index is 2.97. The molecular weight excluding hydrogens is 238 g/mol. The molecule has 1 aliphatic rings. The zero-order chi connectivity index (χ0) is 13.3. The number of rotatable bonds is 3. The van der Waals surface area contributed by atoms with Gasteiger partial charge in [-0.15, -0.1) is 11.8 Å². The number of carbonyl (C=O) groups excluding carboxylic acids is 2. The summed E-state index contributed by atoms with van der Waals surface area (Å²) in [5, 5.41) is 0.00871. The summed E-state index contributed by atoms with van der Waals surface area (Å²) in [6.45, 7) is 10.1. The zero-order valence-electron chi connectivity index (χ0n) is 11.1. The number of esters is 1. The molecule has 1 heterocycles. The van der Waals surface area contributed by atoms with E-state index in [1.54, 1.807) is 30.5 Å². The fourth-order valence-electron chi connectivity index (χ4n) is 1.94. The van der Waals surface area contributed by atoms with Crippen molar-refractivity contribution in [3.05, 3.63) is 0 Å². The molecule has 4 nitrogen and oxygen atoms in total. The molecule has 0 spiro atoms. The average Bonchev–Trinajstić information content (AvgIpc) is 2.56. The first kappa shape index (κ1) is 14.4. The Labute approximate surface area is 107 Å². The molecule has 0 N–H and O–H groups in total. The fraction of sp³-hybridized carbons (Fsp3) is 0.833. The lowest BCUT2D eigenvalue weighted by molar-refractivity contribution is -0.158. The first-order valence-electron chi connectivity index (χ1n) is 5.80. The van der Waals surface area contributed by atoms with E-state index in [9.17, 15) is 9.59 Å². The van der Waals surface area contributed by atoms with Crippen LogP contribution in [0, 0.1) is 5.41 Å². The number of nitrogens with zero attached hydrogens (tertiary/aromatic N) is 1. The second-order valence-corrected chi connectivity index (χ2v) is 6.60. The molecule has 1 aliphatic heterocycles. The Hall–Kier alpha value is -0.710. The molecule has 0 saturated carbocycles. The molecule has 0 aromatic rings. The van der Waals surface area contributed by atoms with E-state index in [0.29, 0.717) is 12.4 Å². The Morgan fingerprint density at radius 2 is 2.18 bits per heavy atom. The quantitative estimate of drug-likeness (QED) is 0.573. The third kappa shape index (κ3) is 2.59. The molecular formula is C12H21NO3S. The molecule has 0 radical (unpaired) electrons. The van der Waals surface area contributed by atoms with Gasteiger partial charge in [0.05, 0.1) is 12.0 Å². The molecule has 0 bridgehead atoms. The van der Waals surface area contributed by atoms with Crippen LogP contribution in [-0.4, -0.2) is 40.6 Å². The summed E-state index contributed by atoms with van der Waals surface area (Å²) in [7, 11) is 0. The molecule has 0 aliphatic carbocycles. The maximum atomic E-state index is 12.0. The molecule has 5 heteroatoms. The van der Waals surface area contributed by atoms with Gasteiger partial charge in [-0.3, -0.25) is 4.79 Å². The monoisotopic (exact) mass is 259 g/mol. The van der Waals surface area contributed by atoms with Gasteiger partial charge < -0.3 is 9.64 Å². The van der Waals surface area contributed by atoms with Gasteiger partial charge in [0, 0.05) is 5.75 Å². The molecule has 17 heavy (non-hydrogen) atoms. The smallest absolute Gasteiger partial charge is 0.332 e. The van der Waals surface area contributed by atoms with Crippen molar-refractivity contribution in [2.45, 2.75) is 45.5 Å². The van der Waals surface area contributed by atoms with Crippen molar-refractivity contribution in [2.75, 3.05) is 12.4 Å². The first-order chi connectivity index (χ1) is 7.77. The molecule has 1 fully saturated rings. The number of hydrogen-bond donors (Lipinski definition) is 0.